The van der Waals surface area contributed by atoms with Gasteiger partial charge in [0.05, 0.1) is 32.9 Å². The van der Waals surface area contributed by atoms with E-state index in [1.54, 1.807) is 0 Å². The fourth-order valence-electron chi connectivity index (χ4n) is 2.09. The average Bonchev–Trinajstić information content (AvgIpc) is 2.35. The molecule has 0 aliphatic rings. The molecule has 2 N–H and O–H groups in total. The van der Waals surface area contributed by atoms with Gasteiger partial charge in [-0.1, -0.05) is 13.0 Å². The number of nitrogens with zero attached hydrogens (tertiary/aromatic N) is 1. The van der Waals surface area contributed by atoms with Crippen LogP contribution in [-0.2, 0) is 14.9 Å². The molecular formula is C14H29N2O4S+. The standard InChI is InChI=1S/C14H28N2O4S/c1-4-14(17)15-10-7-5-6-8-11-16(2,3)12-9-13-21(18,19)20/h4H,1,5-13H2,2-3H3,(H-,15,17,18,19,20)/p+1. The maximum Gasteiger partial charge on any atom is 0.265 e. The van der Waals surface area contributed by atoms with Crippen LogP contribution < -0.4 is 5.32 Å². The maximum absolute atomic E-state index is 10.9. The van der Waals surface area contributed by atoms with Gasteiger partial charge in [0.2, 0.25) is 5.91 Å². The summed E-state index contributed by atoms with van der Waals surface area (Å²) >= 11 is 0. The molecule has 1 amide bonds. The summed E-state index contributed by atoms with van der Waals surface area (Å²) in [6.07, 6.45) is 5.91. The van der Waals surface area contributed by atoms with Gasteiger partial charge in [0, 0.05) is 13.0 Å². The number of carbonyl (C=O) groups is 1. The Morgan fingerprint density at radius 3 is 2.29 bits per heavy atom. The van der Waals surface area contributed by atoms with Gasteiger partial charge < -0.3 is 9.80 Å². The SMILES string of the molecule is C=CC(=O)NCCCCCC[N+](C)(C)CCCS(=O)(=O)O. The molecule has 0 spiro atoms. The van der Waals surface area contributed by atoms with E-state index < -0.39 is 10.1 Å². The van der Waals surface area contributed by atoms with Gasteiger partial charge in [-0.15, -0.1) is 0 Å². The second-order valence-corrected chi connectivity index (χ2v) is 7.50. The average molecular weight is 321 g/mol. The van der Waals surface area contributed by atoms with Gasteiger partial charge in [-0.2, -0.15) is 8.42 Å². The van der Waals surface area contributed by atoms with Gasteiger partial charge in [0.1, 0.15) is 0 Å². The first-order valence-electron chi connectivity index (χ1n) is 7.34. The van der Waals surface area contributed by atoms with Crippen molar-refractivity contribution in [2.45, 2.75) is 32.1 Å². The molecule has 0 aliphatic carbocycles. The Morgan fingerprint density at radius 1 is 1.14 bits per heavy atom. The van der Waals surface area contributed by atoms with Crippen molar-refractivity contribution in [3.63, 3.8) is 0 Å². The third-order valence-electron chi connectivity index (χ3n) is 3.34. The molecule has 0 heterocycles. The molecule has 0 aromatic heterocycles. The van der Waals surface area contributed by atoms with Gasteiger partial charge in [-0.05, 0) is 25.3 Å². The van der Waals surface area contributed by atoms with Crippen LogP contribution in [0.4, 0.5) is 0 Å². The fraction of sp³-hybridized carbons (Fsp3) is 0.786. The second-order valence-electron chi connectivity index (χ2n) is 5.93. The smallest absolute Gasteiger partial charge is 0.265 e. The van der Waals surface area contributed by atoms with Crippen LogP contribution in [0.15, 0.2) is 12.7 Å². The summed E-state index contributed by atoms with van der Waals surface area (Å²) in [5, 5.41) is 2.74. The van der Waals surface area contributed by atoms with Crippen molar-refractivity contribution >= 4 is 16.0 Å². The summed E-state index contributed by atoms with van der Waals surface area (Å²) < 4.78 is 30.8. The topological polar surface area (TPSA) is 83.5 Å². The molecule has 0 aromatic carbocycles. The number of carbonyl (C=O) groups excluding carboxylic acids is 1. The zero-order chi connectivity index (χ0) is 16.4. The highest BCUT2D eigenvalue weighted by molar-refractivity contribution is 7.85. The minimum absolute atomic E-state index is 0.133. The molecule has 0 radical (unpaired) electrons. The number of quaternary nitrogens is 1. The lowest BCUT2D eigenvalue weighted by atomic mass is 10.1. The molecule has 0 bridgehead atoms. The minimum atomic E-state index is -3.84. The van der Waals surface area contributed by atoms with Crippen LogP contribution in [0, 0.1) is 0 Å². The van der Waals surface area contributed by atoms with Crippen LogP contribution in [0.25, 0.3) is 0 Å². The molecule has 21 heavy (non-hydrogen) atoms. The molecule has 0 unspecified atom stereocenters. The van der Waals surface area contributed by atoms with Crippen LogP contribution >= 0.6 is 0 Å². The van der Waals surface area contributed by atoms with Gasteiger partial charge in [-0.3, -0.25) is 9.35 Å². The molecule has 0 atom stereocenters. The van der Waals surface area contributed by atoms with Gasteiger partial charge in [-0.25, -0.2) is 0 Å². The van der Waals surface area contributed by atoms with E-state index in [0.717, 1.165) is 43.3 Å². The highest BCUT2D eigenvalue weighted by atomic mass is 32.2. The summed E-state index contributed by atoms with van der Waals surface area (Å²) in [7, 11) is 0.285. The van der Waals surface area contributed by atoms with Crippen molar-refractivity contribution in [2.24, 2.45) is 0 Å². The Hall–Kier alpha value is -0.920. The van der Waals surface area contributed by atoms with Crippen molar-refractivity contribution < 1.29 is 22.2 Å². The minimum Gasteiger partial charge on any atom is -0.353 e. The zero-order valence-corrected chi connectivity index (χ0v) is 14.0. The highest BCUT2D eigenvalue weighted by Crippen LogP contribution is 2.07. The largest absolute Gasteiger partial charge is 0.353 e. The lowest BCUT2D eigenvalue weighted by Crippen LogP contribution is -2.41. The number of rotatable bonds is 12. The summed E-state index contributed by atoms with van der Waals surface area (Å²) in [4.78, 5) is 10.9. The molecule has 0 rings (SSSR count). The van der Waals surface area contributed by atoms with E-state index in [0.29, 0.717) is 13.0 Å². The predicted octanol–water partition coefficient (Wildman–Crippen LogP) is 1.20. The van der Waals surface area contributed by atoms with E-state index in [1.807, 2.05) is 0 Å². The van der Waals surface area contributed by atoms with E-state index in [2.05, 4.69) is 26.0 Å². The monoisotopic (exact) mass is 321 g/mol. The van der Waals surface area contributed by atoms with Crippen LogP contribution in [0.2, 0.25) is 0 Å². The van der Waals surface area contributed by atoms with Crippen LogP contribution in [0.3, 0.4) is 0 Å². The Morgan fingerprint density at radius 2 is 1.71 bits per heavy atom. The fourth-order valence-corrected chi connectivity index (χ4v) is 2.58. The first-order chi connectivity index (χ1) is 9.66. The van der Waals surface area contributed by atoms with Crippen molar-refractivity contribution in [1.29, 1.82) is 0 Å². The molecule has 6 nitrogen and oxygen atoms in total. The predicted molar refractivity (Wildman–Crippen MR) is 84.5 cm³/mol. The number of hydrogen-bond donors (Lipinski definition) is 2. The molecule has 124 valence electrons. The van der Waals surface area contributed by atoms with Crippen molar-refractivity contribution in [1.82, 2.24) is 5.32 Å². The lowest BCUT2D eigenvalue weighted by molar-refractivity contribution is -0.890. The van der Waals surface area contributed by atoms with Crippen LogP contribution in [0.1, 0.15) is 32.1 Å². The third kappa shape index (κ3) is 13.8. The normalized spacial score (nSPS) is 12.1. The van der Waals surface area contributed by atoms with Crippen LogP contribution in [0.5, 0.6) is 0 Å². The van der Waals surface area contributed by atoms with Gasteiger partial charge >= 0.3 is 0 Å². The Kier molecular flexibility index (Phi) is 9.48. The summed E-state index contributed by atoms with van der Waals surface area (Å²) in [5.74, 6) is -0.302. The van der Waals surface area contributed by atoms with Gasteiger partial charge in [0.15, 0.2) is 0 Å². The number of hydrogen-bond acceptors (Lipinski definition) is 3. The summed E-state index contributed by atoms with van der Waals surface area (Å²) in [5.41, 5.74) is 0. The van der Waals surface area contributed by atoms with E-state index in [-0.39, 0.29) is 11.7 Å². The van der Waals surface area contributed by atoms with Gasteiger partial charge in [0.25, 0.3) is 10.1 Å². The second kappa shape index (κ2) is 9.92. The number of unbranched alkanes of at least 4 members (excludes halogenated alkanes) is 3. The van der Waals surface area contributed by atoms with Crippen molar-refractivity contribution in [2.75, 3.05) is 39.5 Å². The molecule has 0 saturated carbocycles. The summed E-state index contributed by atoms with van der Waals surface area (Å²) in [6.45, 7) is 5.77. The molecule has 0 fully saturated rings. The van der Waals surface area contributed by atoms with E-state index in [9.17, 15) is 13.2 Å². The summed E-state index contributed by atoms with van der Waals surface area (Å²) in [6, 6.07) is 0. The number of amides is 1. The Balaban J connectivity index is 3.61. The lowest BCUT2D eigenvalue weighted by Gasteiger charge is -2.29. The van der Waals surface area contributed by atoms with E-state index >= 15 is 0 Å². The van der Waals surface area contributed by atoms with Crippen molar-refractivity contribution in [3.8, 4) is 0 Å². The molecule has 0 saturated heterocycles. The highest BCUT2D eigenvalue weighted by Gasteiger charge is 2.16. The first-order valence-corrected chi connectivity index (χ1v) is 8.95. The quantitative estimate of drug-likeness (QED) is 0.245. The molecular weight excluding hydrogens is 292 g/mol. The van der Waals surface area contributed by atoms with E-state index in [1.165, 1.54) is 6.08 Å². The van der Waals surface area contributed by atoms with E-state index in [4.69, 9.17) is 4.55 Å². The molecule has 0 aliphatic heterocycles. The third-order valence-corrected chi connectivity index (χ3v) is 4.15. The maximum atomic E-state index is 10.9. The number of nitrogens with one attached hydrogen (secondary N) is 1. The molecule has 0 aromatic rings. The first kappa shape index (κ1) is 20.1. The molecule has 7 heteroatoms. The van der Waals surface area contributed by atoms with Crippen molar-refractivity contribution in [3.05, 3.63) is 12.7 Å². The zero-order valence-electron chi connectivity index (χ0n) is 13.2. The Bertz CT molecular complexity index is 419. The van der Waals surface area contributed by atoms with Crippen LogP contribution in [-0.4, -0.2) is 62.8 Å². The Labute approximate surface area is 128 Å².